The predicted molar refractivity (Wildman–Crippen MR) is 89.7 cm³/mol. The lowest BCUT2D eigenvalue weighted by Crippen LogP contribution is -2.51. The summed E-state index contributed by atoms with van der Waals surface area (Å²) < 4.78 is 6.42. The third kappa shape index (κ3) is 4.00. The van der Waals surface area contributed by atoms with Crippen molar-refractivity contribution < 1.29 is 4.74 Å². The number of likely N-dealkylation sites (tertiary alicyclic amines) is 1. The Hall–Kier alpha value is -0.120. The highest BCUT2D eigenvalue weighted by atomic mass is 16.5. The maximum absolute atomic E-state index is 6.42. The molecule has 0 saturated carbocycles. The summed E-state index contributed by atoms with van der Waals surface area (Å²) in [6, 6.07) is 0.443. The lowest BCUT2D eigenvalue weighted by Gasteiger charge is -2.34. The smallest absolute Gasteiger partial charge is 0.0790 e. The monoisotopic (exact) mass is 296 g/mol. The van der Waals surface area contributed by atoms with Crippen molar-refractivity contribution in [2.24, 2.45) is 11.8 Å². The van der Waals surface area contributed by atoms with E-state index < -0.39 is 0 Å². The van der Waals surface area contributed by atoms with E-state index in [0.29, 0.717) is 12.0 Å². The maximum atomic E-state index is 6.42. The Labute approximate surface area is 131 Å². The van der Waals surface area contributed by atoms with Gasteiger partial charge in [-0.2, -0.15) is 0 Å². The van der Waals surface area contributed by atoms with Crippen molar-refractivity contribution in [3.63, 3.8) is 0 Å². The third-order valence-electron chi connectivity index (χ3n) is 5.56. The van der Waals surface area contributed by atoms with E-state index in [-0.39, 0.29) is 11.2 Å². The van der Waals surface area contributed by atoms with Gasteiger partial charge in [-0.25, -0.2) is 0 Å². The van der Waals surface area contributed by atoms with Crippen LogP contribution in [-0.2, 0) is 4.74 Å². The first-order valence-electron chi connectivity index (χ1n) is 8.92. The number of ether oxygens (including phenoxy) is 1. The Morgan fingerprint density at radius 2 is 1.81 bits per heavy atom. The van der Waals surface area contributed by atoms with Crippen LogP contribution >= 0.6 is 0 Å². The molecule has 0 spiro atoms. The molecule has 3 atom stereocenters. The molecular weight excluding hydrogens is 260 g/mol. The van der Waals surface area contributed by atoms with Crippen molar-refractivity contribution in [3.05, 3.63) is 0 Å². The van der Waals surface area contributed by atoms with Crippen LogP contribution in [0, 0.1) is 11.8 Å². The zero-order valence-corrected chi connectivity index (χ0v) is 15.0. The summed E-state index contributed by atoms with van der Waals surface area (Å²) in [6.07, 6.45) is 4.09. The second kappa shape index (κ2) is 6.55. The molecule has 0 radical (unpaired) electrons. The van der Waals surface area contributed by atoms with Gasteiger partial charge in [0.25, 0.3) is 0 Å². The number of nitrogens with one attached hydrogen (secondary N) is 1. The van der Waals surface area contributed by atoms with E-state index in [9.17, 15) is 0 Å². The van der Waals surface area contributed by atoms with E-state index in [0.717, 1.165) is 12.5 Å². The largest absolute Gasteiger partial charge is 0.368 e. The number of hydrogen-bond donors (Lipinski definition) is 1. The normalized spacial score (nSPS) is 36.6. The van der Waals surface area contributed by atoms with Crippen molar-refractivity contribution in [3.8, 4) is 0 Å². The summed E-state index contributed by atoms with van der Waals surface area (Å²) in [5.74, 6) is 1.45. The molecule has 2 saturated heterocycles. The molecule has 3 unspecified atom stereocenters. The van der Waals surface area contributed by atoms with Gasteiger partial charge in [-0.15, -0.1) is 0 Å². The molecule has 0 aromatic carbocycles. The summed E-state index contributed by atoms with van der Waals surface area (Å²) in [4.78, 5) is 2.69. The average Bonchev–Trinajstić information content (AvgIpc) is 2.52. The minimum absolute atomic E-state index is 0.0474. The molecule has 3 nitrogen and oxygen atoms in total. The maximum Gasteiger partial charge on any atom is 0.0790 e. The number of likely N-dealkylation sites (N-methyl/N-ethyl adjacent to an activating group) is 1. The van der Waals surface area contributed by atoms with Gasteiger partial charge in [-0.05, 0) is 72.5 Å². The molecule has 0 aromatic rings. The first-order chi connectivity index (χ1) is 9.76. The van der Waals surface area contributed by atoms with E-state index in [1.807, 2.05) is 0 Å². The molecule has 2 aliphatic heterocycles. The quantitative estimate of drug-likeness (QED) is 0.861. The molecule has 0 amide bonds. The van der Waals surface area contributed by atoms with Crippen LogP contribution < -0.4 is 5.32 Å². The van der Waals surface area contributed by atoms with Gasteiger partial charge in [-0.3, -0.25) is 0 Å². The van der Waals surface area contributed by atoms with Crippen LogP contribution in [0.25, 0.3) is 0 Å². The summed E-state index contributed by atoms with van der Waals surface area (Å²) in [7, 11) is 0. The van der Waals surface area contributed by atoms with Gasteiger partial charge in [0.2, 0.25) is 0 Å². The molecule has 1 N–H and O–H groups in total. The third-order valence-corrected chi connectivity index (χ3v) is 5.56. The van der Waals surface area contributed by atoms with Crippen molar-refractivity contribution in [2.75, 3.05) is 26.2 Å². The summed E-state index contributed by atoms with van der Waals surface area (Å²) in [6.45, 7) is 18.3. The van der Waals surface area contributed by atoms with Gasteiger partial charge in [0.05, 0.1) is 11.2 Å². The van der Waals surface area contributed by atoms with E-state index in [4.69, 9.17) is 4.74 Å². The highest BCUT2D eigenvalue weighted by Crippen LogP contribution is 2.42. The Bertz CT molecular complexity index is 340. The molecule has 2 fully saturated rings. The van der Waals surface area contributed by atoms with E-state index >= 15 is 0 Å². The molecule has 0 bridgehead atoms. The van der Waals surface area contributed by atoms with Gasteiger partial charge >= 0.3 is 0 Å². The fourth-order valence-electron chi connectivity index (χ4n) is 4.42. The van der Waals surface area contributed by atoms with Gasteiger partial charge in [0.15, 0.2) is 0 Å². The van der Waals surface area contributed by atoms with Gasteiger partial charge < -0.3 is 15.0 Å². The van der Waals surface area contributed by atoms with Gasteiger partial charge in [0, 0.05) is 18.5 Å². The molecule has 0 aromatic heterocycles. The molecule has 2 heterocycles. The summed E-state index contributed by atoms with van der Waals surface area (Å²) in [5, 5.41) is 3.70. The number of hydrogen-bond acceptors (Lipinski definition) is 3. The Morgan fingerprint density at radius 3 is 2.48 bits per heavy atom. The standard InChI is InChI=1S/C18H36N2O/c1-7-19-16-15(17(3,4)21-18(16,5)6)13-20-11-8-9-14(2)10-12-20/h14-16,19H,7-13H2,1-6H3. The molecule has 3 heteroatoms. The Balaban J connectivity index is 2.07. The predicted octanol–water partition coefficient (Wildman–Crippen LogP) is 3.29. The van der Waals surface area contributed by atoms with E-state index in [1.54, 1.807) is 0 Å². The molecule has 0 aliphatic carbocycles. The lowest BCUT2D eigenvalue weighted by molar-refractivity contribution is -0.0795. The SMILES string of the molecule is CCNC1C(CN2CCCC(C)CC2)C(C)(C)OC1(C)C. The Kier molecular flexibility index (Phi) is 5.38. The zero-order valence-electron chi connectivity index (χ0n) is 15.0. The van der Waals surface area contributed by atoms with Crippen LogP contribution in [0.2, 0.25) is 0 Å². The zero-order chi connectivity index (χ0) is 15.7. The second-order valence-electron chi connectivity index (χ2n) is 8.29. The first kappa shape index (κ1) is 17.2. The van der Waals surface area contributed by atoms with Gasteiger partial charge in [-0.1, -0.05) is 13.8 Å². The van der Waals surface area contributed by atoms with E-state index in [1.165, 1.54) is 38.9 Å². The molecule has 124 valence electrons. The highest BCUT2D eigenvalue weighted by molar-refractivity contribution is 5.06. The second-order valence-corrected chi connectivity index (χ2v) is 8.29. The van der Waals surface area contributed by atoms with E-state index in [2.05, 4.69) is 51.8 Å². The minimum atomic E-state index is -0.0800. The fourth-order valence-corrected chi connectivity index (χ4v) is 4.42. The number of nitrogens with zero attached hydrogens (tertiary/aromatic N) is 1. The first-order valence-corrected chi connectivity index (χ1v) is 8.92. The molecule has 21 heavy (non-hydrogen) atoms. The molecular formula is C18H36N2O. The molecule has 2 aliphatic rings. The Morgan fingerprint density at radius 1 is 1.10 bits per heavy atom. The molecule has 2 rings (SSSR count). The van der Waals surface area contributed by atoms with Gasteiger partial charge in [0.1, 0.15) is 0 Å². The minimum Gasteiger partial charge on any atom is -0.368 e. The summed E-state index contributed by atoms with van der Waals surface area (Å²) in [5.41, 5.74) is -0.127. The average molecular weight is 296 g/mol. The highest BCUT2D eigenvalue weighted by Gasteiger charge is 2.53. The topological polar surface area (TPSA) is 24.5 Å². The fraction of sp³-hybridized carbons (Fsp3) is 1.00. The van der Waals surface area contributed by atoms with Crippen LogP contribution in [0.15, 0.2) is 0 Å². The van der Waals surface area contributed by atoms with Crippen LogP contribution in [0.1, 0.15) is 60.8 Å². The van der Waals surface area contributed by atoms with Crippen molar-refractivity contribution in [1.29, 1.82) is 0 Å². The number of rotatable bonds is 4. The van der Waals surface area contributed by atoms with Crippen LogP contribution in [0.3, 0.4) is 0 Å². The van der Waals surface area contributed by atoms with Crippen molar-refractivity contribution in [1.82, 2.24) is 10.2 Å². The van der Waals surface area contributed by atoms with Crippen molar-refractivity contribution in [2.45, 2.75) is 78.0 Å². The van der Waals surface area contributed by atoms with Crippen molar-refractivity contribution >= 4 is 0 Å². The van der Waals surface area contributed by atoms with Crippen LogP contribution in [0.4, 0.5) is 0 Å². The van der Waals surface area contributed by atoms with Crippen LogP contribution in [-0.4, -0.2) is 48.3 Å². The summed E-state index contributed by atoms with van der Waals surface area (Å²) >= 11 is 0. The van der Waals surface area contributed by atoms with Crippen LogP contribution in [0.5, 0.6) is 0 Å². The lowest BCUT2D eigenvalue weighted by atomic mass is 9.82.